The summed E-state index contributed by atoms with van der Waals surface area (Å²) in [4.78, 5) is 0. The molecule has 11 heavy (non-hydrogen) atoms. The molecule has 1 heteroatoms. The Morgan fingerprint density at radius 3 is 2.91 bits per heavy atom. The molecule has 0 saturated carbocycles. The molecule has 0 fully saturated rings. The van der Waals surface area contributed by atoms with E-state index in [2.05, 4.69) is 36.4 Å². The summed E-state index contributed by atoms with van der Waals surface area (Å²) in [6, 6.07) is 8.81. The Bertz CT molecular complexity index is 289. The normalized spacial score (nSPS) is 21.5. The van der Waals surface area contributed by atoms with Gasteiger partial charge in [0.25, 0.3) is 0 Å². The first-order chi connectivity index (χ1) is 5.38. The van der Waals surface area contributed by atoms with Gasteiger partial charge < -0.3 is 0 Å². The molecule has 1 aromatic rings. The van der Waals surface area contributed by atoms with E-state index in [0.717, 1.165) is 36.0 Å². The van der Waals surface area contributed by atoms with Crippen molar-refractivity contribution in [1.82, 2.24) is 0 Å². The Labute approximate surface area is 83.3 Å². The summed E-state index contributed by atoms with van der Waals surface area (Å²) in [5.41, 5.74) is 3.12. The van der Waals surface area contributed by atoms with Crippen molar-refractivity contribution >= 4 is 0 Å². The van der Waals surface area contributed by atoms with Gasteiger partial charge >= 0.3 is 83.5 Å². The average Bonchev–Trinajstić information content (AvgIpc) is 2.06. The van der Waals surface area contributed by atoms with Crippen molar-refractivity contribution in [2.45, 2.75) is 9.85 Å². The van der Waals surface area contributed by atoms with E-state index >= 15 is 0 Å². The monoisotopic (exact) mass is 331 g/mol. The Balaban J connectivity index is 2.50. The van der Waals surface area contributed by atoms with Gasteiger partial charge in [-0.3, -0.25) is 0 Å². The van der Waals surface area contributed by atoms with Crippen LogP contribution in [0, 0.1) is 0 Å². The Morgan fingerprint density at radius 1 is 1.27 bits per heavy atom. The summed E-state index contributed by atoms with van der Waals surface area (Å²) in [6.07, 6.45) is 5.81. The predicted molar refractivity (Wildman–Crippen MR) is 42.0 cm³/mol. The fourth-order valence-corrected chi connectivity index (χ4v) is 3.84. The molecule has 0 radical (unpaired) electrons. The first kappa shape index (κ1) is 7.54. The molecule has 1 unspecified atom stereocenters. The second-order valence-electron chi connectivity index (χ2n) is 2.94. The molecule has 0 spiro atoms. The van der Waals surface area contributed by atoms with Crippen molar-refractivity contribution in [3.05, 3.63) is 47.5 Å². The quantitative estimate of drug-likeness (QED) is 0.506. The summed E-state index contributed by atoms with van der Waals surface area (Å²) in [5.74, 6) is 0. The molecule has 0 heterocycles. The van der Waals surface area contributed by atoms with Crippen LogP contribution in [0.2, 0.25) is 0 Å². The van der Waals surface area contributed by atoms with E-state index in [1.165, 1.54) is 5.56 Å². The van der Waals surface area contributed by atoms with E-state index in [4.69, 9.17) is 0 Å². The van der Waals surface area contributed by atoms with Crippen molar-refractivity contribution in [3.8, 4) is 0 Å². The topological polar surface area (TPSA) is 0 Å². The molecule has 1 atom stereocenters. The molecule has 0 aliphatic heterocycles. The standard InChI is InChI=1S/C10H9.Hg/c1-2-6-10-8-4-3-7-9(10)5-1;/h1-7H,8H2;. The molecule has 0 saturated heterocycles. The van der Waals surface area contributed by atoms with Crippen LogP contribution in [0.15, 0.2) is 36.4 Å². The summed E-state index contributed by atoms with van der Waals surface area (Å²) in [5, 5.41) is 0. The number of allylic oxidation sites excluding steroid dienone is 2. The summed E-state index contributed by atoms with van der Waals surface area (Å²) < 4.78 is 0.806. The predicted octanol–water partition coefficient (Wildman–Crippen LogP) is 2.39. The summed E-state index contributed by atoms with van der Waals surface area (Å²) >= 11 is 0.839. The fourth-order valence-electron chi connectivity index (χ4n) is 1.54. The molecule has 2 rings (SSSR count). The van der Waals surface area contributed by atoms with Crippen molar-refractivity contribution in [2.75, 3.05) is 0 Å². The minimum absolute atomic E-state index is 0.806. The summed E-state index contributed by atoms with van der Waals surface area (Å²) in [7, 11) is 0. The van der Waals surface area contributed by atoms with Gasteiger partial charge in [0.1, 0.15) is 0 Å². The molecule has 1 aromatic carbocycles. The first-order valence-electron chi connectivity index (χ1n) is 3.95. The Morgan fingerprint density at radius 2 is 2.09 bits per heavy atom. The van der Waals surface area contributed by atoms with Gasteiger partial charge in [-0.15, -0.1) is 0 Å². The SMILES string of the molecule is [Hg][CH]1C=CCc2ccccc21. The van der Waals surface area contributed by atoms with E-state index in [0.29, 0.717) is 0 Å². The minimum atomic E-state index is 0.806. The average molecular weight is 330 g/mol. The van der Waals surface area contributed by atoms with Crippen LogP contribution in [0.1, 0.15) is 14.6 Å². The first-order valence-corrected chi connectivity index (χ1v) is 7.13. The molecule has 0 aromatic heterocycles. The number of hydrogen-bond donors (Lipinski definition) is 0. The van der Waals surface area contributed by atoms with Crippen molar-refractivity contribution in [2.24, 2.45) is 0 Å². The van der Waals surface area contributed by atoms with E-state index in [1.807, 2.05) is 0 Å². The number of benzene rings is 1. The third-order valence-electron chi connectivity index (χ3n) is 2.16. The van der Waals surface area contributed by atoms with E-state index < -0.39 is 0 Å². The zero-order valence-corrected chi connectivity index (χ0v) is 12.0. The molecule has 1 aliphatic rings. The fraction of sp³-hybridized carbons (Fsp3) is 0.200. The third-order valence-corrected chi connectivity index (χ3v) is 4.93. The molecular weight excluding hydrogens is 321 g/mol. The molecular formula is C10H9Hg. The van der Waals surface area contributed by atoms with Crippen molar-refractivity contribution in [1.29, 1.82) is 0 Å². The molecule has 1 aliphatic carbocycles. The van der Waals surface area contributed by atoms with Gasteiger partial charge in [-0.05, 0) is 0 Å². The van der Waals surface area contributed by atoms with Crippen LogP contribution in [-0.4, -0.2) is 0 Å². The van der Waals surface area contributed by atoms with Gasteiger partial charge in [0.05, 0.1) is 0 Å². The number of hydrogen-bond acceptors (Lipinski definition) is 0. The van der Waals surface area contributed by atoms with Gasteiger partial charge in [0, 0.05) is 0 Å². The van der Waals surface area contributed by atoms with Crippen LogP contribution < -0.4 is 0 Å². The molecule has 0 N–H and O–H groups in total. The van der Waals surface area contributed by atoms with Crippen molar-refractivity contribution < 1.29 is 26.1 Å². The van der Waals surface area contributed by atoms with Crippen LogP contribution in [-0.2, 0) is 32.5 Å². The van der Waals surface area contributed by atoms with Crippen molar-refractivity contribution in [3.63, 3.8) is 0 Å². The van der Waals surface area contributed by atoms with E-state index in [-0.39, 0.29) is 0 Å². The van der Waals surface area contributed by atoms with Crippen LogP contribution in [0.25, 0.3) is 0 Å². The Hall–Kier alpha value is -0.105. The molecule has 51 valence electrons. The van der Waals surface area contributed by atoms with Gasteiger partial charge in [-0.1, -0.05) is 0 Å². The second-order valence-corrected chi connectivity index (χ2v) is 6.36. The maximum atomic E-state index is 2.37. The Kier molecular flexibility index (Phi) is 2.12. The second kappa shape index (κ2) is 3.10. The van der Waals surface area contributed by atoms with Crippen LogP contribution in [0.3, 0.4) is 0 Å². The molecule has 0 bridgehead atoms. The van der Waals surface area contributed by atoms with Crippen LogP contribution in [0.4, 0.5) is 0 Å². The molecule has 0 nitrogen and oxygen atoms in total. The molecule has 0 amide bonds. The van der Waals surface area contributed by atoms with E-state index in [9.17, 15) is 0 Å². The summed E-state index contributed by atoms with van der Waals surface area (Å²) in [6.45, 7) is 0. The van der Waals surface area contributed by atoms with Gasteiger partial charge in [-0.2, -0.15) is 0 Å². The number of rotatable bonds is 0. The third kappa shape index (κ3) is 1.41. The zero-order chi connectivity index (χ0) is 7.68. The van der Waals surface area contributed by atoms with Crippen LogP contribution >= 0.6 is 0 Å². The zero-order valence-electron chi connectivity index (χ0n) is 6.46. The van der Waals surface area contributed by atoms with Gasteiger partial charge in [0.15, 0.2) is 0 Å². The van der Waals surface area contributed by atoms with E-state index in [1.54, 1.807) is 5.56 Å². The van der Waals surface area contributed by atoms with Crippen LogP contribution in [0.5, 0.6) is 0 Å². The van der Waals surface area contributed by atoms with Gasteiger partial charge in [-0.25, -0.2) is 0 Å². The van der Waals surface area contributed by atoms with Gasteiger partial charge in [0.2, 0.25) is 0 Å². The number of fused-ring (bicyclic) bond motifs is 1. The maximum absolute atomic E-state index is 2.37.